The molecule has 1 aromatic carbocycles. The summed E-state index contributed by atoms with van der Waals surface area (Å²) in [6.45, 7) is 8.38. The third-order valence-electron chi connectivity index (χ3n) is 7.58. The van der Waals surface area contributed by atoms with Crippen molar-refractivity contribution in [3.8, 4) is 0 Å². The molecule has 0 spiro atoms. The second-order valence-corrected chi connectivity index (χ2v) is 9.81. The molecule has 2 aliphatic heterocycles. The number of rotatable bonds is 6. The van der Waals surface area contributed by atoms with Crippen molar-refractivity contribution in [2.24, 2.45) is 0 Å². The monoisotopic (exact) mass is 466 g/mol. The normalized spacial score (nSPS) is 24.0. The van der Waals surface area contributed by atoms with Crippen molar-refractivity contribution < 1.29 is 9.13 Å². The van der Waals surface area contributed by atoms with Gasteiger partial charge in [0.1, 0.15) is 23.6 Å². The van der Waals surface area contributed by atoms with E-state index >= 15 is 4.39 Å². The predicted octanol–water partition coefficient (Wildman–Crippen LogP) is 4.35. The molecular weight excluding hydrogens is 431 g/mol. The van der Waals surface area contributed by atoms with Crippen LogP contribution < -0.4 is 10.2 Å². The SMILES string of the molecule is Cc1nc(Nc2cc(C3CCN(C4CCC4)CC3F)c(C)cc2C=N)cc(N2CCOCC2)n1. The second kappa shape index (κ2) is 9.96. The van der Waals surface area contributed by atoms with Crippen molar-refractivity contribution in [2.75, 3.05) is 49.6 Å². The second-order valence-electron chi connectivity index (χ2n) is 9.81. The lowest BCUT2D eigenvalue weighted by atomic mass is 9.82. The maximum absolute atomic E-state index is 15.4. The first kappa shape index (κ1) is 23.2. The summed E-state index contributed by atoms with van der Waals surface area (Å²) in [4.78, 5) is 13.7. The third kappa shape index (κ3) is 4.79. The Bertz CT molecular complexity index is 1040. The summed E-state index contributed by atoms with van der Waals surface area (Å²) in [5.41, 5.74) is 3.64. The van der Waals surface area contributed by atoms with E-state index in [0.29, 0.717) is 37.4 Å². The van der Waals surface area contributed by atoms with Gasteiger partial charge < -0.3 is 20.4 Å². The highest BCUT2D eigenvalue weighted by atomic mass is 19.1. The molecule has 5 rings (SSSR count). The number of benzene rings is 1. The number of nitrogens with one attached hydrogen (secondary N) is 2. The van der Waals surface area contributed by atoms with Crippen LogP contribution in [-0.2, 0) is 4.74 Å². The molecule has 2 saturated heterocycles. The minimum absolute atomic E-state index is 0.118. The zero-order chi connectivity index (χ0) is 23.7. The van der Waals surface area contributed by atoms with Crippen LogP contribution in [0.3, 0.4) is 0 Å². The lowest BCUT2D eigenvalue weighted by Crippen LogP contribution is -2.48. The average molecular weight is 467 g/mol. The molecule has 8 heteroatoms. The van der Waals surface area contributed by atoms with Crippen molar-refractivity contribution in [3.63, 3.8) is 0 Å². The quantitative estimate of drug-likeness (QED) is 0.617. The number of hydrogen-bond donors (Lipinski definition) is 2. The Kier molecular flexibility index (Phi) is 6.79. The third-order valence-corrected chi connectivity index (χ3v) is 7.58. The Hall–Kier alpha value is -2.58. The lowest BCUT2D eigenvalue weighted by Gasteiger charge is -2.43. The van der Waals surface area contributed by atoms with E-state index in [-0.39, 0.29) is 5.92 Å². The van der Waals surface area contributed by atoms with Gasteiger partial charge in [-0.1, -0.05) is 6.42 Å². The topological polar surface area (TPSA) is 77.4 Å². The molecule has 1 saturated carbocycles. The number of hydrogen-bond acceptors (Lipinski definition) is 7. The molecule has 34 heavy (non-hydrogen) atoms. The highest BCUT2D eigenvalue weighted by molar-refractivity contribution is 5.88. The summed E-state index contributed by atoms with van der Waals surface area (Å²) >= 11 is 0. The Labute approximate surface area is 201 Å². The van der Waals surface area contributed by atoms with Crippen molar-refractivity contribution in [2.45, 2.75) is 57.7 Å². The van der Waals surface area contributed by atoms with Gasteiger partial charge in [0.2, 0.25) is 0 Å². The number of ether oxygens (including phenoxy) is 1. The number of alkyl halides is 1. The summed E-state index contributed by atoms with van der Waals surface area (Å²) in [6.07, 6.45) is 5.00. The standard InChI is InChI=1S/C26H35FN6O/c1-17-12-19(15-28)24(13-22(17)21-6-7-33(16-23(21)27)20-4-3-5-20)31-25-14-26(30-18(2)29-25)32-8-10-34-11-9-32/h12-15,20-21,23,28H,3-11,16H2,1-2H3,(H,29,30,31). The Morgan fingerprint density at radius 3 is 2.56 bits per heavy atom. The number of anilines is 3. The van der Waals surface area contributed by atoms with Crippen LogP contribution in [0, 0.1) is 19.3 Å². The minimum atomic E-state index is -0.874. The predicted molar refractivity (Wildman–Crippen MR) is 134 cm³/mol. The molecule has 0 radical (unpaired) electrons. The number of nitrogens with zero attached hydrogens (tertiary/aromatic N) is 4. The lowest BCUT2D eigenvalue weighted by molar-refractivity contribution is 0.0497. The average Bonchev–Trinajstić information content (AvgIpc) is 2.79. The molecular formula is C26H35FN6O. The van der Waals surface area contributed by atoms with Gasteiger partial charge in [-0.3, -0.25) is 4.90 Å². The van der Waals surface area contributed by atoms with Gasteiger partial charge in [-0.2, -0.15) is 0 Å². The summed E-state index contributed by atoms with van der Waals surface area (Å²) in [7, 11) is 0. The molecule has 1 aliphatic carbocycles. The van der Waals surface area contributed by atoms with Gasteiger partial charge in [0.15, 0.2) is 0 Å². The number of likely N-dealkylation sites (tertiary alicyclic amines) is 1. The smallest absolute Gasteiger partial charge is 0.136 e. The molecule has 2 N–H and O–H groups in total. The highest BCUT2D eigenvalue weighted by Crippen LogP contribution is 2.38. The molecule has 3 heterocycles. The van der Waals surface area contributed by atoms with Crippen molar-refractivity contribution in [3.05, 3.63) is 40.7 Å². The number of aromatic nitrogens is 2. The molecule has 2 unspecified atom stereocenters. The van der Waals surface area contributed by atoms with Gasteiger partial charge in [0.05, 0.1) is 13.2 Å². The number of aryl methyl sites for hydroxylation is 2. The summed E-state index contributed by atoms with van der Waals surface area (Å²) in [5, 5.41) is 11.4. The Morgan fingerprint density at radius 1 is 1.09 bits per heavy atom. The van der Waals surface area contributed by atoms with Crippen molar-refractivity contribution in [1.29, 1.82) is 5.41 Å². The van der Waals surface area contributed by atoms with Crippen LogP contribution in [0.15, 0.2) is 18.2 Å². The van der Waals surface area contributed by atoms with E-state index in [1.54, 1.807) is 0 Å². The maximum Gasteiger partial charge on any atom is 0.136 e. The molecule has 0 bridgehead atoms. The summed E-state index contributed by atoms with van der Waals surface area (Å²) < 4.78 is 20.9. The van der Waals surface area contributed by atoms with Crippen LogP contribution in [0.4, 0.5) is 21.7 Å². The Balaban J connectivity index is 1.39. The van der Waals surface area contributed by atoms with Gasteiger partial charge in [0.25, 0.3) is 0 Å². The van der Waals surface area contributed by atoms with E-state index in [1.807, 2.05) is 32.0 Å². The molecule has 3 aliphatic rings. The zero-order valence-electron chi connectivity index (χ0n) is 20.2. The van der Waals surface area contributed by atoms with E-state index < -0.39 is 6.17 Å². The minimum Gasteiger partial charge on any atom is -0.378 e. The molecule has 2 aromatic rings. The van der Waals surface area contributed by atoms with Crippen LogP contribution in [0.1, 0.15) is 54.1 Å². The summed E-state index contributed by atoms with van der Waals surface area (Å²) in [5.74, 6) is 2.12. The van der Waals surface area contributed by atoms with E-state index in [9.17, 15) is 0 Å². The molecule has 7 nitrogen and oxygen atoms in total. The maximum atomic E-state index is 15.4. The van der Waals surface area contributed by atoms with Gasteiger partial charge >= 0.3 is 0 Å². The largest absolute Gasteiger partial charge is 0.378 e. The van der Waals surface area contributed by atoms with Gasteiger partial charge in [-0.15, -0.1) is 0 Å². The fourth-order valence-corrected chi connectivity index (χ4v) is 5.44. The highest BCUT2D eigenvalue weighted by Gasteiger charge is 2.36. The van der Waals surface area contributed by atoms with Crippen molar-refractivity contribution >= 4 is 23.5 Å². The first-order chi connectivity index (χ1) is 16.5. The van der Waals surface area contributed by atoms with E-state index in [1.165, 1.54) is 25.5 Å². The van der Waals surface area contributed by atoms with Gasteiger partial charge in [0, 0.05) is 55.1 Å². The van der Waals surface area contributed by atoms with Crippen LogP contribution in [-0.4, -0.2) is 72.7 Å². The number of piperidine rings is 1. The molecule has 182 valence electrons. The van der Waals surface area contributed by atoms with Crippen LogP contribution in [0.2, 0.25) is 0 Å². The number of morpholine rings is 1. The first-order valence-electron chi connectivity index (χ1n) is 12.5. The molecule has 2 atom stereocenters. The fraction of sp³-hybridized carbons (Fsp3) is 0.577. The molecule has 1 aromatic heterocycles. The first-order valence-corrected chi connectivity index (χ1v) is 12.5. The van der Waals surface area contributed by atoms with Gasteiger partial charge in [-0.25, -0.2) is 14.4 Å². The van der Waals surface area contributed by atoms with E-state index in [2.05, 4.69) is 25.1 Å². The van der Waals surface area contributed by atoms with Crippen LogP contribution in [0.5, 0.6) is 0 Å². The van der Waals surface area contributed by atoms with E-state index in [0.717, 1.165) is 54.3 Å². The zero-order valence-corrected chi connectivity index (χ0v) is 20.2. The van der Waals surface area contributed by atoms with Crippen LogP contribution in [0.25, 0.3) is 0 Å². The van der Waals surface area contributed by atoms with Gasteiger partial charge in [-0.05, 0) is 62.9 Å². The van der Waals surface area contributed by atoms with Crippen molar-refractivity contribution in [1.82, 2.24) is 14.9 Å². The fourth-order valence-electron chi connectivity index (χ4n) is 5.44. The molecule has 0 amide bonds. The van der Waals surface area contributed by atoms with Crippen LogP contribution >= 0.6 is 0 Å². The summed E-state index contributed by atoms with van der Waals surface area (Å²) in [6, 6.07) is 6.56. The number of halogens is 1. The molecule has 3 fully saturated rings. The van der Waals surface area contributed by atoms with E-state index in [4.69, 9.17) is 10.1 Å². The Morgan fingerprint density at radius 2 is 1.88 bits per heavy atom.